The summed E-state index contributed by atoms with van der Waals surface area (Å²) in [6.45, 7) is 6.91. The number of nitrogens with zero attached hydrogens (tertiary/aromatic N) is 1. The second-order valence-electron chi connectivity index (χ2n) is 7.60. The van der Waals surface area contributed by atoms with Gasteiger partial charge in [-0.3, -0.25) is 0 Å². The summed E-state index contributed by atoms with van der Waals surface area (Å²) in [5, 5.41) is 0.661. The zero-order valence-corrected chi connectivity index (χ0v) is 16.4. The lowest BCUT2D eigenvalue weighted by atomic mass is 9.87. The van der Waals surface area contributed by atoms with E-state index in [1.165, 1.54) is 0 Å². The molecule has 5 heteroatoms. The normalized spacial score (nSPS) is 19.3. The zero-order valence-electron chi connectivity index (χ0n) is 14.9. The Morgan fingerprint density at radius 2 is 1.60 bits per heavy atom. The van der Waals surface area contributed by atoms with E-state index in [4.69, 9.17) is 11.6 Å². The van der Waals surface area contributed by atoms with Gasteiger partial charge in [-0.05, 0) is 53.6 Å². The van der Waals surface area contributed by atoms with Crippen molar-refractivity contribution in [3.8, 4) is 0 Å². The Morgan fingerprint density at radius 1 is 1.00 bits per heavy atom. The fourth-order valence-electron chi connectivity index (χ4n) is 3.31. The molecule has 1 fully saturated rings. The topological polar surface area (TPSA) is 37.4 Å². The number of sulfonamides is 1. The van der Waals surface area contributed by atoms with Crippen molar-refractivity contribution >= 4 is 21.6 Å². The average Bonchev–Trinajstić information content (AvgIpc) is 3.05. The lowest BCUT2D eigenvalue weighted by molar-refractivity contribution is 0.396. The molecular weight excluding hydrogens is 354 g/mol. The number of halogens is 1. The molecule has 0 radical (unpaired) electrons. The van der Waals surface area contributed by atoms with Crippen molar-refractivity contribution < 1.29 is 8.42 Å². The molecule has 25 heavy (non-hydrogen) atoms. The van der Waals surface area contributed by atoms with Crippen LogP contribution in [0.25, 0.3) is 0 Å². The van der Waals surface area contributed by atoms with Gasteiger partial charge in [0.2, 0.25) is 10.0 Å². The summed E-state index contributed by atoms with van der Waals surface area (Å²) in [5.74, 6) is 0. The monoisotopic (exact) mass is 377 g/mol. The van der Waals surface area contributed by atoms with Gasteiger partial charge in [0.1, 0.15) is 0 Å². The van der Waals surface area contributed by atoms with E-state index in [1.807, 2.05) is 36.4 Å². The first-order valence-corrected chi connectivity index (χ1v) is 10.4. The first-order valence-electron chi connectivity index (χ1n) is 8.57. The van der Waals surface area contributed by atoms with Crippen LogP contribution in [0.2, 0.25) is 5.02 Å². The van der Waals surface area contributed by atoms with Crippen LogP contribution in [0, 0.1) is 0 Å². The summed E-state index contributed by atoms with van der Waals surface area (Å²) in [6.07, 6.45) is 1.70. The molecule has 0 bridgehead atoms. The Morgan fingerprint density at radius 3 is 2.16 bits per heavy atom. The molecule has 3 rings (SSSR count). The minimum atomic E-state index is -3.51. The van der Waals surface area contributed by atoms with Crippen LogP contribution in [0.4, 0.5) is 0 Å². The summed E-state index contributed by atoms with van der Waals surface area (Å²) >= 11 is 5.96. The third kappa shape index (κ3) is 3.76. The molecule has 0 unspecified atom stereocenters. The highest BCUT2D eigenvalue weighted by atomic mass is 35.5. The van der Waals surface area contributed by atoms with E-state index >= 15 is 0 Å². The Balaban J connectivity index is 1.92. The van der Waals surface area contributed by atoms with Crippen LogP contribution in [0.5, 0.6) is 0 Å². The van der Waals surface area contributed by atoms with E-state index in [0.717, 1.165) is 24.0 Å². The van der Waals surface area contributed by atoms with Gasteiger partial charge < -0.3 is 0 Å². The van der Waals surface area contributed by atoms with Gasteiger partial charge >= 0.3 is 0 Å². The Bertz CT molecular complexity index is 837. The largest absolute Gasteiger partial charge is 0.243 e. The molecule has 1 aliphatic heterocycles. The van der Waals surface area contributed by atoms with Crippen LogP contribution in [-0.4, -0.2) is 19.3 Å². The molecule has 2 aromatic carbocycles. The predicted molar refractivity (Wildman–Crippen MR) is 102 cm³/mol. The molecule has 3 nitrogen and oxygen atoms in total. The van der Waals surface area contributed by atoms with E-state index in [9.17, 15) is 8.42 Å². The first-order chi connectivity index (χ1) is 11.7. The van der Waals surface area contributed by atoms with Gasteiger partial charge in [-0.2, -0.15) is 4.31 Å². The van der Waals surface area contributed by atoms with E-state index in [2.05, 4.69) is 20.8 Å². The van der Waals surface area contributed by atoms with Crippen molar-refractivity contribution in [2.75, 3.05) is 6.54 Å². The molecule has 134 valence electrons. The Hall–Kier alpha value is -1.36. The molecule has 0 aliphatic carbocycles. The van der Waals surface area contributed by atoms with Crippen molar-refractivity contribution in [1.29, 1.82) is 0 Å². The minimum Gasteiger partial charge on any atom is -0.207 e. The molecule has 1 aliphatic rings. The van der Waals surface area contributed by atoms with Gasteiger partial charge in [-0.25, -0.2) is 8.42 Å². The molecular formula is C20H24ClNO2S. The van der Waals surface area contributed by atoms with Gasteiger partial charge in [-0.15, -0.1) is 0 Å². The van der Waals surface area contributed by atoms with E-state index in [1.54, 1.807) is 16.4 Å². The number of benzene rings is 2. The second kappa shape index (κ2) is 6.75. The van der Waals surface area contributed by atoms with Crippen LogP contribution in [0.3, 0.4) is 0 Å². The summed E-state index contributed by atoms with van der Waals surface area (Å²) in [7, 11) is -3.51. The van der Waals surface area contributed by atoms with E-state index < -0.39 is 10.0 Å². The molecule has 0 aromatic heterocycles. The van der Waals surface area contributed by atoms with Gasteiger partial charge in [0.15, 0.2) is 0 Å². The van der Waals surface area contributed by atoms with Crippen molar-refractivity contribution in [1.82, 2.24) is 4.31 Å². The van der Waals surface area contributed by atoms with Crippen LogP contribution in [-0.2, 0) is 15.4 Å². The summed E-state index contributed by atoms with van der Waals surface area (Å²) in [5.41, 5.74) is 2.13. The van der Waals surface area contributed by atoms with Crippen LogP contribution in [0.15, 0.2) is 53.4 Å². The SMILES string of the molecule is CC(C)(C)c1ccc(S(=O)(=O)N2CCC[C@H]2c2ccc(Cl)cc2)cc1. The van der Waals surface area contributed by atoms with Crippen LogP contribution in [0.1, 0.15) is 50.8 Å². The van der Waals surface area contributed by atoms with E-state index in [-0.39, 0.29) is 11.5 Å². The van der Waals surface area contributed by atoms with Crippen molar-refractivity contribution in [3.05, 3.63) is 64.7 Å². The summed E-state index contributed by atoms with van der Waals surface area (Å²) in [4.78, 5) is 0.362. The molecule has 0 N–H and O–H groups in total. The molecule has 0 spiro atoms. The van der Waals surface area contributed by atoms with Gasteiger partial charge in [0.05, 0.1) is 10.9 Å². The van der Waals surface area contributed by atoms with E-state index in [0.29, 0.717) is 16.5 Å². The summed E-state index contributed by atoms with van der Waals surface area (Å²) in [6, 6.07) is 14.6. The highest BCUT2D eigenvalue weighted by molar-refractivity contribution is 7.89. The molecule has 1 heterocycles. The molecule has 1 saturated heterocycles. The maximum atomic E-state index is 13.1. The number of hydrogen-bond acceptors (Lipinski definition) is 2. The highest BCUT2D eigenvalue weighted by Crippen LogP contribution is 2.37. The zero-order chi connectivity index (χ0) is 18.2. The first kappa shape index (κ1) is 18.4. The molecule has 0 saturated carbocycles. The average molecular weight is 378 g/mol. The van der Waals surface area contributed by atoms with Gasteiger partial charge in [-0.1, -0.05) is 56.6 Å². The third-order valence-electron chi connectivity index (χ3n) is 4.79. The maximum absolute atomic E-state index is 13.1. The quantitative estimate of drug-likeness (QED) is 0.740. The number of hydrogen-bond donors (Lipinski definition) is 0. The van der Waals surface area contributed by atoms with Crippen LogP contribution >= 0.6 is 11.6 Å². The van der Waals surface area contributed by atoms with Gasteiger partial charge in [0, 0.05) is 11.6 Å². The molecule has 2 aromatic rings. The third-order valence-corrected chi connectivity index (χ3v) is 6.96. The van der Waals surface area contributed by atoms with Crippen LogP contribution < -0.4 is 0 Å². The Labute approximate surface area is 155 Å². The smallest absolute Gasteiger partial charge is 0.207 e. The highest BCUT2D eigenvalue weighted by Gasteiger charge is 2.36. The fraction of sp³-hybridized carbons (Fsp3) is 0.400. The standard InChI is InChI=1S/C20H24ClNO2S/c1-20(2,3)16-8-12-18(13-9-16)25(23,24)22-14-4-5-19(22)15-6-10-17(21)11-7-15/h6-13,19H,4-5,14H2,1-3H3/t19-/m0/s1. The minimum absolute atomic E-state index is 0.00176. The predicted octanol–water partition coefficient (Wildman–Crippen LogP) is 5.16. The van der Waals surface area contributed by atoms with Crippen molar-refractivity contribution in [3.63, 3.8) is 0 Å². The maximum Gasteiger partial charge on any atom is 0.243 e. The van der Waals surface area contributed by atoms with Gasteiger partial charge in [0.25, 0.3) is 0 Å². The lowest BCUT2D eigenvalue weighted by Crippen LogP contribution is -2.30. The molecule has 1 atom stereocenters. The number of rotatable bonds is 3. The lowest BCUT2D eigenvalue weighted by Gasteiger charge is -2.25. The fourth-order valence-corrected chi connectivity index (χ4v) is 5.12. The summed E-state index contributed by atoms with van der Waals surface area (Å²) < 4.78 is 27.9. The van der Waals surface area contributed by atoms with Crippen molar-refractivity contribution in [2.45, 2.75) is 50.0 Å². The second-order valence-corrected chi connectivity index (χ2v) is 9.93. The van der Waals surface area contributed by atoms with Crippen molar-refractivity contribution in [2.24, 2.45) is 0 Å². The molecule has 0 amide bonds. The Kier molecular flexibility index (Phi) is 4.97.